The molecule has 0 spiro atoms. The Bertz CT molecular complexity index is 1590. The van der Waals surface area contributed by atoms with Crippen molar-refractivity contribution in [1.29, 1.82) is 0 Å². The first-order valence-corrected chi connectivity index (χ1v) is 14.7. The number of hydrogen-bond donors (Lipinski definition) is 0. The van der Waals surface area contributed by atoms with Gasteiger partial charge in [-0.15, -0.1) is 20.4 Å². The summed E-state index contributed by atoms with van der Waals surface area (Å²) in [6.07, 6.45) is 8.20. The molecule has 0 saturated carbocycles. The lowest BCUT2D eigenvalue weighted by molar-refractivity contribution is 0.261. The van der Waals surface area contributed by atoms with E-state index in [9.17, 15) is 0 Å². The van der Waals surface area contributed by atoms with Crippen LogP contribution in [0.3, 0.4) is 0 Å². The number of aromatic nitrogens is 4. The van der Waals surface area contributed by atoms with Crippen molar-refractivity contribution in [3.8, 4) is 11.5 Å². The van der Waals surface area contributed by atoms with Crippen LogP contribution in [-0.4, -0.2) is 20.4 Å². The molecule has 8 nitrogen and oxygen atoms in total. The van der Waals surface area contributed by atoms with Gasteiger partial charge in [-0.2, -0.15) is 0 Å². The van der Waals surface area contributed by atoms with Crippen molar-refractivity contribution in [2.75, 3.05) is 0 Å². The van der Waals surface area contributed by atoms with Gasteiger partial charge in [0.2, 0.25) is 11.8 Å². The van der Waals surface area contributed by atoms with Gasteiger partial charge >= 0.3 is 0 Å². The molecular weight excluding hydrogens is 528 g/mol. The Morgan fingerprint density at radius 1 is 0.429 bits per heavy atom. The molecule has 0 aliphatic heterocycles. The van der Waals surface area contributed by atoms with E-state index in [2.05, 4.69) is 56.8 Å². The Morgan fingerprint density at radius 2 is 0.833 bits per heavy atom. The number of rotatable bonds is 15. The molecule has 214 valence electrons. The standard InChI is InChI=1S/C34H34N4O4/c1(3-5-21-31-35-37-33(41-31)23-39-29-19-11-15-25-13-7-9-17-27(25)29)2-4-6-22-32-36-38-34(42-32)24-40-30-20-12-16-26-14-8-10-18-28(26)30/h7-20H,1-6,21-24H2. The van der Waals surface area contributed by atoms with Crippen LogP contribution in [0.1, 0.15) is 62.1 Å². The second-order valence-corrected chi connectivity index (χ2v) is 10.3. The normalized spacial score (nSPS) is 11.3. The van der Waals surface area contributed by atoms with E-state index in [1.165, 1.54) is 12.8 Å². The third kappa shape index (κ3) is 7.13. The lowest BCUT2D eigenvalue weighted by Gasteiger charge is -2.07. The van der Waals surface area contributed by atoms with Gasteiger partial charge in [0.05, 0.1) is 0 Å². The van der Waals surface area contributed by atoms with Crippen LogP contribution in [0.4, 0.5) is 0 Å². The van der Waals surface area contributed by atoms with Crippen molar-refractivity contribution in [1.82, 2.24) is 20.4 Å². The van der Waals surface area contributed by atoms with Gasteiger partial charge in [-0.05, 0) is 35.7 Å². The van der Waals surface area contributed by atoms with Crippen molar-refractivity contribution in [2.24, 2.45) is 0 Å². The fraction of sp³-hybridized carbons (Fsp3) is 0.294. The predicted octanol–water partition coefficient (Wildman–Crippen LogP) is 8.04. The zero-order valence-corrected chi connectivity index (χ0v) is 23.6. The summed E-state index contributed by atoms with van der Waals surface area (Å²) in [7, 11) is 0. The molecule has 0 atom stereocenters. The van der Waals surface area contributed by atoms with Gasteiger partial charge in [0.15, 0.2) is 13.2 Å². The molecule has 8 heteroatoms. The molecule has 0 aliphatic carbocycles. The van der Waals surface area contributed by atoms with Crippen molar-refractivity contribution in [3.05, 3.63) is 108 Å². The summed E-state index contributed by atoms with van der Waals surface area (Å²) in [4.78, 5) is 0. The summed E-state index contributed by atoms with van der Waals surface area (Å²) in [5.41, 5.74) is 0. The molecule has 0 saturated heterocycles. The summed E-state index contributed by atoms with van der Waals surface area (Å²) in [6.45, 7) is 0.527. The van der Waals surface area contributed by atoms with E-state index in [1.807, 2.05) is 48.5 Å². The minimum absolute atomic E-state index is 0.264. The minimum atomic E-state index is 0.264. The average Bonchev–Trinajstić information content (AvgIpc) is 3.69. The number of aryl methyl sites for hydroxylation is 2. The van der Waals surface area contributed by atoms with Crippen LogP contribution in [0, 0.1) is 0 Å². The van der Waals surface area contributed by atoms with Crippen molar-refractivity contribution >= 4 is 21.5 Å². The summed E-state index contributed by atoms with van der Waals surface area (Å²) in [5.74, 6) is 3.98. The molecule has 2 heterocycles. The largest absolute Gasteiger partial charge is 0.483 e. The summed E-state index contributed by atoms with van der Waals surface area (Å²) in [6, 6.07) is 28.3. The van der Waals surface area contributed by atoms with Crippen LogP contribution < -0.4 is 9.47 Å². The van der Waals surface area contributed by atoms with E-state index < -0.39 is 0 Å². The zero-order chi connectivity index (χ0) is 28.4. The van der Waals surface area contributed by atoms with E-state index in [0.717, 1.165) is 71.6 Å². The third-order valence-corrected chi connectivity index (χ3v) is 7.25. The summed E-state index contributed by atoms with van der Waals surface area (Å²) < 4.78 is 23.5. The third-order valence-electron chi connectivity index (χ3n) is 7.25. The maximum absolute atomic E-state index is 5.96. The van der Waals surface area contributed by atoms with Gasteiger partial charge in [0.25, 0.3) is 11.8 Å². The summed E-state index contributed by atoms with van der Waals surface area (Å²) in [5, 5.41) is 21.1. The Morgan fingerprint density at radius 3 is 1.33 bits per heavy atom. The number of benzene rings is 4. The maximum Gasteiger partial charge on any atom is 0.253 e. The van der Waals surface area contributed by atoms with E-state index in [-0.39, 0.29) is 13.2 Å². The molecule has 6 rings (SSSR count). The molecule has 0 fully saturated rings. The molecular formula is C34H34N4O4. The smallest absolute Gasteiger partial charge is 0.253 e. The number of nitrogens with zero attached hydrogens (tertiary/aromatic N) is 4. The molecule has 2 aromatic heterocycles. The molecule has 6 aromatic rings. The molecule has 42 heavy (non-hydrogen) atoms. The molecule has 0 N–H and O–H groups in total. The fourth-order valence-corrected chi connectivity index (χ4v) is 5.08. The van der Waals surface area contributed by atoms with Crippen molar-refractivity contribution < 1.29 is 18.3 Å². The molecule has 0 amide bonds. The molecule has 4 aromatic carbocycles. The van der Waals surface area contributed by atoms with E-state index in [0.29, 0.717) is 23.6 Å². The average molecular weight is 563 g/mol. The first kappa shape index (κ1) is 27.4. The second kappa shape index (κ2) is 13.8. The van der Waals surface area contributed by atoms with Crippen LogP contribution in [0.25, 0.3) is 21.5 Å². The number of fused-ring (bicyclic) bond motifs is 2. The number of ether oxygens (including phenoxy) is 2. The Kier molecular flexibility index (Phi) is 9.00. The highest BCUT2D eigenvalue weighted by Crippen LogP contribution is 2.27. The Labute approximate surface area is 244 Å². The number of hydrogen-bond acceptors (Lipinski definition) is 8. The van der Waals surface area contributed by atoms with Crippen molar-refractivity contribution in [2.45, 2.75) is 64.6 Å². The van der Waals surface area contributed by atoms with Gasteiger partial charge in [-0.3, -0.25) is 0 Å². The van der Waals surface area contributed by atoms with E-state index in [1.54, 1.807) is 0 Å². The first-order chi connectivity index (χ1) is 20.8. The van der Waals surface area contributed by atoms with E-state index in [4.69, 9.17) is 18.3 Å². The highest BCUT2D eigenvalue weighted by molar-refractivity contribution is 5.88. The van der Waals surface area contributed by atoms with Crippen molar-refractivity contribution in [3.63, 3.8) is 0 Å². The molecule has 0 unspecified atom stereocenters. The highest BCUT2D eigenvalue weighted by atomic mass is 16.5. The van der Waals surface area contributed by atoms with E-state index >= 15 is 0 Å². The van der Waals surface area contributed by atoms with Crippen LogP contribution in [0.2, 0.25) is 0 Å². The van der Waals surface area contributed by atoms with Gasteiger partial charge in [-0.25, -0.2) is 0 Å². The molecule has 0 bridgehead atoms. The Balaban J connectivity index is 0.838. The lowest BCUT2D eigenvalue weighted by atomic mass is 10.1. The van der Waals surface area contributed by atoms with Gasteiger partial charge < -0.3 is 18.3 Å². The van der Waals surface area contributed by atoms with Gasteiger partial charge in [0, 0.05) is 23.6 Å². The highest BCUT2D eigenvalue weighted by Gasteiger charge is 2.10. The van der Waals surface area contributed by atoms with Crippen LogP contribution in [0.15, 0.2) is 93.8 Å². The summed E-state index contributed by atoms with van der Waals surface area (Å²) >= 11 is 0. The van der Waals surface area contributed by atoms with Gasteiger partial charge in [0.1, 0.15) is 11.5 Å². The van der Waals surface area contributed by atoms with Crippen LogP contribution in [-0.2, 0) is 26.1 Å². The molecule has 0 aliphatic rings. The lowest BCUT2D eigenvalue weighted by Crippen LogP contribution is -1.96. The fourth-order valence-electron chi connectivity index (χ4n) is 5.08. The predicted molar refractivity (Wildman–Crippen MR) is 160 cm³/mol. The minimum Gasteiger partial charge on any atom is -0.483 e. The maximum atomic E-state index is 5.96. The Hall–Kier alpha value is -4.72. The van der Waals surface area contributed by atoms with Crippen LogP contribution >= 0.6 is 0 Å². The monoisotopic (exact) mass is 562 g/mol. The number of unbranched alkanes of at least 4 members (excludes halogenated alkanes) is 5. The molecule has 0 radical (unpaired) electrons. The first-order valence-electron chi connectivity index (χ1n) is 14.7. The SMILES string of the molecule is c1ccc2c(OCc3nnc(CCCCCCCCc4nnc(COc5cccc6ccccc56)o4)o3)cccc2c1. The zero-order valence-electron chi connectivity index (χ0n) is 23.6. The van der Waals surface area contributed by atoms with Crippen LogP contribution in [0.5, 0.6) is 11.5 Å². The van der Waals surface area contributed by atoms with Gasteiger partial charge in [-0.1, -0.05) is 98.5 Å². The second-order valence-electron chi connectivity index (χ2n) is 10.3. The quantitative estimate of drug-likeness (QED) is 0.116. The topological polar surface area (TPSA) is 96.3 Å².